The Balaban J connectivity index is 0.000000853. The molecular formula is C13H17N. The van der Waals surface area contributed by atoms with Gasteiger partial charge in [-0.05, 0) is 37.3 Å². The first-order valence-corrected chi connectivity index (χ1v) is 5.53. The Hall–Kier alpha value is -1.24. The molecule has 2 aromatic rings. The molecule has 1 heteroatoms. The van der Waals surface area contributed by atoms with Gasteiger partial charge in [-0.25, -0.2) is 0 Å². The van der Waals surface area contributed by atoms with Gasteiger partial charge in [0.1, 0.15) is 0 Å². The van der Waals surface area contributed by atoms with Crippen LogP contribution in [0.25, 0.3) is 10.9 Å². The fourth-order valence-electron chi connectivity index (χ4n) is 2.54. The van der Waals surface area contributed by atoms with Crippen LogP contribution in [0.4, 0.5) is 0 Å². The molecule has 0 saturated heterocycles. The van der Waals surface area contributed by atoms with Crippen molar-refractivity contribution in [3.8, 4) is 0 Å². The molecule has 14 heavy (non-hydrogen) atoms. The number of hydrogen-bond acceptors (Lipinski definition) is 0. The lowest BCUT2D eigenvalue weighted by atomic mass is 10.1. The third-order valence-corrected chi connectivity index (χ3v) is 3.26. The molecule has 0 amide bonds. The molecule has 0 radical (unpaired) electrons. The number of rotatable bonds is 0. The van der Waals surface area contributed by atoms with Crippen LogP contribution in [-0.2, 0) is 12.8 Å². The van der Waals surface area contributed by atoms with Gasteiger partial charge in [0.05, 0.1) is 0 Å². The van der Waals surface area contributed by atoms with E-state index in [1.165, 1.54) is 48.7 Å². The van der Waals surface area contributed by atoms with Gasteiger partial charge in [0, 0.05) is 18.0 Å². The van der Waals surface area contributed by atoms with Crippen molar-refractivity contribution in [2.45, 2.75) is 32.1 Å². The van der Waals surface area contributed by atoms with E-state index in [1.807, 2.05) is 0 Å². The Labute approximate surface area is 85.6 Å². The number of nitrogens with one attached hydrogen (secondary N) is 1. The van der Waals surface area contributed by atoms with Crippen LogP contribution < -0.4 is 0 Å². The highest BCUT2D eigenvalue weighted by Gasteiger charge is 2.12. The van der Waals surface area contributed by atoms with Gasteiger partial charge in [0.15, 0.2) is 0 Å². The summed E-state index contributed by atoms with van der Waals surface area (Å²) in [6, 6.07) is 8.68. The second-order valence-electron chi connectivity index (χ2n) is 4.19. The van der Waals surface area contributed by atoms with E-state index in [1.54, 1.807) is 5.56 Å². The molecule has 1 aliphatic rings. The Morgan fingerprint density at radius 2 is 1.86 bits per heavy atom. The Morgan fingerprint density at radius 1 is 1.00 bits per heavy atom. The Morgan fingerprint density at radius 3 is 2.86 bits per heavy atom. The molecule has 1 N–H and O–H groups in total. The lowest BCUT2D eigenvalue weighted by molar-refractivity contribution is 0.708. The number of aryl methyl sites for hydroxylation is 2. The van der Waals surface area contributed by atoms with E-state index in [0.717, 1.165) is 0 Å². The standard InChI is InChI=1S/C13H15N.H2/c1-2-6-10-11-7-4-5-9-13(11)14-12(10)8-3-1;/h4-5,7,9,14H,1-3,6,8H2;1H. The maximum Gasteiger partial charge on any atom is 0.0458 e. The van der Waals surface area contributed by atoms with Gasteiger partial charge >= 0.3 is 0 Å². The minimum atomic E-state index is 0. The first kappa shape index (κ1) is 8.10. The van der Waals surface area contributed by atoms with Gasteiger partial charge in [-0.1, -0.05) is 24.6 Å². The summed E-state index contributed by atoms with van der Waals surface area (Å²) in [6.45, 7) is 0. The fourth-order valence-corrected chi connectivity index (χ4v) is 2.54. The largest absolute Gasteiger partial charge is 0.358 e. The van der Waals surface area contributed by atoms with Gasteiger partial charge in [-0.2, -0.15) is 0 Å². The summed E-state index contributed by atoms with van der Waals surface area (Å²) in [5.74, 6) is 0. The van der Waals surface area contributed by atoms with Crippen LogP contribution in [0.1, 0.15) is 31.9 Å². The van der Waals surface area contributed by atoms with Gasteiger partial charge in [-0.15, -0.1) is 0 Å². The van der Waals surface area contributed by atoms with E-state index < -0.39 is 0 Å². The summed E-state index contributed by atoms with van der Waals surface area (Å²) in [5, 5.41) is 1.45. The number of aromatic nitrogens is 1. The summed E-state index contributed by atoms with van der Waals surface area (Å²) in [4.78, 5) is 3.56. The second kappa shape index (κ2) is 3.16. The van der Waals surface area contributed by atoms with Crippen molar-refractivity contribution in [1.82, 2.24) is 4.98 Å². The smallest absolute Gasteiger partial charge is 0.0458 e. The maximum atomic E-state index is 3.56. The van der Waals surface area contributed by atoms with Crippen LogP contribution in [0.15, 0.2) is 24.3 Å². The molecule has 74 valence electrons. The Kier molecular flexibility index (Phi) is 1.83. The Bertz CT molecular complexity index is 459. The topological polar surface area (TPSA) is 15.8 Å². The molecule has 3 rings (SSSR count). The first-order valence-electron chi connectivity index (χ1n) is 5.53. The van der Waals surface area contributed by atoms with Gasteiger partial charge in [-0.3, -0.25) is 0 Å². The lowest BCUT2D eigenvalue weighted by Crippen LogP contribution is -1.86. The predicted octanol–water partition coefficient (Wildman–Crippen LogP) is 3.68. The van der Waals surface area contributed by atoms with Crippen LogP contribution in [0.3, 0.4) is 0 Å². The van der Waals surface area contributed by atoms with Crippen molar-refractivity contribution in [3.63, 3.8) is 0 Å². The van der Waals surface area contributed by atoms with Gasteiger partial charge < -0.3 is 4.98 Å². The second-order valence-corrected chi connectivity index (χ2v) is 4.19. The summed E-state index contributed by atoms with van der Waals surface area (Å²) in [5.41, 5.74) is 4.39. The molecule has 1 nitrogen and oxygen atoms in total. The predicted molar refractivity (Wildman–Crippen MR) is 61.7 cm³/mol. The summed E-state index contributed by atoms with van der Waals surface area (Å²) in [6.07, 6.45) is 6.59. The van der Waals surface area contributed by atoms with Crippen LogP contribution in [-0.4, -0.2) is 4.98 Å². The number of hydrogen-bond donors (Lipinski definition) is 1. The molecule has 0 aliphatic heterocycles. The quantitative estimate of drug-likeness (QED) is 0.605. The van der Waals surface area contributed by atoms with E-state index in [9.17, 15) is 0 Å². The molecule has 1 aromatic carbocycles. The van der Waals surface area contributed by atoms with E-state index in [-0.39, 0.29) is 1.43 Å². The van der Waals surface area contributed by atoms with Crippen molar-refractivity contribution in [3.05, 3.63) is 35.5 Å². The average molecular weight is 187 g/mol. The van der Waals surface area contributed by atoms with Crippen LogP contribution in [0.2, 0.25) is 0 Å². The minimum absolute atomic E-state index is 0. The zero-order chi connectivity index (χ0) is 9.38. The molecular weight excluding hydrogens is 170 g/mol. The molecule has 0 bridgehead atoms. The highest BCUT2D eigenvalue weighted by atomic mass is 14.7. The molecule has 1 aromatic heterocycles. The number of benzene rings is 1. The number of fused-ring (bicyclic) bond motifs is 3. The molecule has 0 spiro atoms. The summed E-state index contributed by atoms with van der Waals surface area (Å²) < 4.78 is 0. The molecule has 0 atom stereocenters. The molecule has 0 fully saturated rings. The maximum absolute atomic E-state index is 3.56. The molecule has 1 aliphatic carbocycles. The normalized spacial score (nSPS) is 16.6. The van der Waals surface area contributed by atoms with E-state index >= 15 is 0 Å². The first-order chi connectivity index (χ1) is 6.95. The summed E-state index contributed by atoms with van der Waals surface area (Å²) >= 11 is 0. The van der Waals surface area contributed by atoms with Crippen LogP contribution in [0.5, 0.6) is 0 Å². The van der Waals surface area contributed by atoms with Crippen LogP contribution >= 0.6 is 0 Å². The van der Waals surface area contributed by atoms with Crippen molar-refractivity contribution in [2.75, 3.05) is 0 Å². The monoisotopic (exact) mass is 187 g/mol. The highest BCUT2D eigenvalue weighted by molar-refractivity contribution is 5.84. The zero-order valence-electron chi connectivity index (χ0n) is 8.34. The molecule has 0 unspecified atom stereocenters. The van der Waals surface area contributed by atoms with E-state index in [0.29, 0.717) is 0 Å². The van der Waals surface area contributed by atoms with Crippen molar-refractivity contribution in [2.24, 2.45) is 0 Å². The zero-order valence-corrected chi connectivity index (χ0v) is 8.34. The van der Waals surface area contributed by atoms with Gasteiger partial charge in [0.2, 0.25) is 0 Å². The van der Waals surface area contributed by atoms with Crippen LogP contribution in [0, 0.1) is 0 Å². The van der Waals surface area contributed by atoms with Crippen molar-refractivity contribution >= 4 is 10.9 Å². The van der Waals surface area contributed by atoms with E-state index in [4.69, 9.17) is 0 Å². The average Bonchev–Trinajstić information content (AvgIpc) is 2.42. The van der Waals surface area contributed by atoms with Crippen molar-refractivity contribution < 1.29 is 1.43 Å². The fraction of sp³-hybridized carbons (Fsp3) is 0.385. The number of aromatic amines is 1. The molecule has 0 saturated carbocycles. The number of H-pyrrole nitrogens is 1. The molecule has 1 heterocycles. The van der Waals surface area contributed by atoms with Crippen molar-refractivity contribution in [1.29, 1.82) is 0 Å². The van der Waals surface area contributed by atoms with E-state index in [2.05, 4.69) is 29.2 Å². The summed E-state index contributed by atoms with van der Waals surface area (Å²) in [7, 11) is 0. The highest BCUT2D eigenvalue weighted by Crippen LogP contribution is 2.27. The lowest BCUT2D eigenvalue weighted by Gasteiger charge is -1.96. The SMILES string of the molecule is [HH].c1ccc2c3c([nH]c2c1)CCCCC3. The third kappa shape index (κ3) is 1.16. The third-order valence-electron chi connectivity index (χ3n) is 3.26. The minimum Gasteiger partial charge on any atom is -0.358 e. The van der Waals surface area contributed by atoms with Gasteiger partial charge in [0.25, 0.3) is 0 Å². The number of para-hydroxylation sites is 1.